The minimum atomic E-state index is -0.659. The molecule has 1 fully saturated rings. The molecule has 0 radical (unpaired) electrons. The van der Waals surface area contributed by atoms with E-state index in [1.807, 2.05) is 42.5 Å². The van der Waals surface area contributed by atoms with Crippen molar-refractivity contribution in [1.82, 2.24) is 10.2 Å². The molecule has 3 aromatic carbocycles. The zero-order chi connectivity index (χ0) is 27.6. The van der Waals surface area contributed by atoms with E-state index in [4.69, 9.17) is 23.2 Å². The van der Waals surface area contributed by atoms with E-state index < -0.39 is 6.04 Å². The summed E-state index contributed by atoms with van der Waals surface area (Å²) in [6.45, 7) is 2.30. The number of hydrogen-bond donors (Lipinski definition) is 1. The van der Waals surface area contributed by atoms with Gasteiger partial charge in [0.05, 0.1) is 5.75 Å². The van der Waals surface area contributed by atoms with Crippen molar-refractivity contribution in [1.29, 1.82) is 0 Å². The van der Waals surface area contributed by atoms with Crippen LogP contribution in [-0.2, 0) is 28.3 Å². The molecule has 0 spiro atoms. The van der Waals surface area contributed by atoms with E-state index in [0.717, 1.165) is 42.6 Å². The van der Waals surface area contributed by atoms with Crippen LogP contribution in [0.4, 0.5) is 0 Å². The van der Waals surface area contributed by atoms with Gasteiger partial charge in [-0.3, -0.25) is 9.59 Å². The lowest BCUT2D eigenvalue weighted by molar-refractivity contribution is -0.139. The van der Waals surface area contributed by atoms with Gasteiger partial charge in [-0.05, 0) is 48.6 Å². The first-order chi connectivity index (χ1) is 18.9. The number of nitrogens with zero attached hydrogens (tertiary/aromatic N) is 1. The normalized spacial score (nSPS) is 14.5. The van der Waals surface area contributed by atoms with Crippen LogP contribution >= 0.6 is 35.0 Å². The van der Waals surface area contributed by atoms with Gasteiger partial charge in [0.1, 0.15) is 6.04 Å². The molecule has 4 nitrogen and oxygen atoms in total. The quantitative estimate of drug-likeness (QED) is 0.253. The van der Waals surface area contributed by atoms with Gasteiger partial charge in [-0.15, -0.1) is 11.8 Å². The Morgan fingerprint density at radius 1 is 0.949 bits per heavy atom. The summed E-state index contributed by atoms with van der Waals surface area (Å²) in [5.41, 5.74) is 4.15. The summed E-state index contributed by atoms with van der Waals surface area (Å²) in [4.78, 5) is 29.4. The highest BCUT2D eigenvalue weighted by atomic mass is 35.5. The molecule has 0 aromatic heterocycles. The Hall–Kier alpha value is -2.47. The van der Waals surface area contributed by atoms with Gasteiger partial charge in [0.25, 0.3) is 0 Å². The first-order valence-electron chi connectivity index (χ1n) is 13.6. The van der Waals surface area contributed by atoms with Crippen LogP contribution in [0.25, 0.3) is 0 Å². The van der Waals surface area contributed by atoms with Gasteiger partial charge in [0.2, 0.25) is 11.8 Å². The van der Waals surface area contributed by atoms with E-state index in [2.05, 4.69) is 30.4 Å². The molecule has 0 unspecified atom stereocenters. The summed E-state index contributed by atoms with van der Waals surface area (Å²) in [6, 6.07) is 23.0. The number of carbonyl (C=O) groups excluding carboxylic acids is 2. The molecule has 0 bridgehead atoms. The Morgan fingerprint density at radius 2 is 1.69 bits per heavy atom. The van der Waals surface area contributed by atoms with Gasteiger partial charge in [-0.2, -0.15) is 0 Å². The topological polar surface area (TPSA) is 49.4 Å². The monoisotopic (exact) mass is 582 g/mol. The second-order valence-electron chi connectivity index (χ2n) is 10.3. The minimum Gasteiger partial charge on any atom is -0.352 e. The van der Waals surface area contributed by atoms with Gasteiger partial charge in [0.15, 0.2) is 0 Å². The summed E-state index contributed by atoms with van der Waals surface area (Å²) in [5, 5.41) is 4.30. The van der Waals surface area contributed by atoms with Crippen molar-refractivity contribution in [2.45, 2.75) is 69.8 Å². The summed E-state index contributed by atoms with van der Waals surface area (Å²) in [6.07, 6.45) is 5.83. The molecule has 0 aliphatic heterocycles. The fourth-order valence-corrected chi connectivity index (χ4v) is 6.40. The molecule has 1 atom stereocenters. The van der Waals surface area contributed by atoms with Gasteiger partial charge >= 0.3 is 0 Å². The maximum absolute atomic E-state index is 13.9. The van der Waals surface area contributed by atoms with Crippen LogP contribution in [0.5, 0.6) is 0 Å². The first-order valence-corrected chi connectivity index (χ1v) is 15.5. The molecule has 39 heavy (non-hydrogen) atoms. The molecule has 1 aliphatic carbocycles. The Morgan fingerprint density at radius 3 is 2.41 bits per heavy atom. The average Bonchev–Trinajstić information content (AvgIpc) is 2.93. The Kier molecular flexibility index (Phi) is 11.2. The molecule has 7 heteroatoms. The number of aryl methyl sites for hydroxylation is 1. The van der Waals surface area contributed by atoms with E-state index in [0.29, 0.717) is 16.5 Å². The smallest absolute Gasteiger partial charge is 0.243 e. The molecule has 0 saturated heterocycles. The number of amides is 2. The molecule has 4 rings (SSSR count). The highest BCUT2D eigenvalue weighted by Gasteiger charge is 2.32. The molecular weight excluding hydrogens is 547 g/mol. The lowest BCUT2D eigenvalue weighted by Crippen LogP contribution is -2.53. The van der Waals surface area contributed by atoms with Crippen LogP contribution in [0, 0.1) is 6.92 Å². The van der Waals surface area contributed by atoms with E-state index in [-0.39, 0.29) is 30.2 Å². The number of hydrogen-bond acceptors (Lipinski definition) is 3. The Bertz CT molecular complexity index is 1250. The van der Waals surface area contributed by atoms with Crippen LogP contribution in [0.15, 0.2) is 72.8 Å². The molecule has 2 amide bonds. The Balaban J connectivity index is 1.59. The number of thioether (sulfide) groups is 1. The van der Waals surface area contributed by atoms with Gasteiger partial charge in [-0.25, -0.2) is 0 Å². The van der Waals surface area contributed by atoms with Crippen molar-refractivity contribution in [3.63, 3.8) is 0 Å². The molecular formula is C32H36Cl2N2O2S. The second-order valence-corrected chi connectivity index (χ2v) is 12.1. The summed E-state index contributed by atoms with van der Waals surface area (Å²) < 4.78 is 0. The number of nitrogens with one attached hydrogen (secondary N) is 1. The standard InChI is InChI=1S/C32H36Cl2N2O2S/c1-23-9-8-12-25(17-23)21-39-22-31(37)36(20-26-15-16-27(33)19-29(26)34)30(18-24-10-4-2-5-11-24)32(38)35-28-13-6-3-7-14-28/h2,4-5,8-12,15-17,19,28,30H,3,6-7,13-14,18,20-22H2,1H3,(H,35,38)/t30-/m1/s1. The number of rotatable bonds is 11. The highest BCUT2D eigenvalue weighted by Crippen LogP contribution is 2.26. The zero-order valence-electron chi connectivity index (χ0n) is 22.4. The van der Waals surface area contributed by atoms with Gasteiger partial charge in [0, 0.05) is 34.8 Å². The maximum atomic E-state index is 13.9. The van der Waals surface area contributed by atoms with E-state index in [1.54, 1.807) is 28.8 Å². The van der Waals surface area contributed by atoms with Gasteiger partial charge < -0.3 is 10.2 Å². The van der Waals surface area contributed by atoms with E-state index in [1.165, 1.54) is 17.5 Å². The SMILES string of the molecule is Cc1cccc(CSCC(=O)N(Cc2ccc(Cl)cc2Cl)[C@H](Cc2ccccc2)C(=O)NC2CCCCC2)c1. The summed E-state index contributed by atoms with van der Waals surface area (Å²) >= 11 is 14.3. The molecule has 0 heterocycles. The van der Waals surface area contributed by atoms with Crippen molar-refractivity contribution >= 4 is 46.8 Å². The van der Waals surface area contributed by atoms with Crippen molar-refractivity contribution in [2.24, 2.45) is 0 Å². The summed E-state index contributed by atoms with van der Waals surface area (Å²) in [5.74, 6) is 0.799. The predicted molar refractivity (Wildman–Crippen MR) is 163 cm³/mol. The zero-order valence-corrected chi connectivity index (χ0v) is 24.7. The van der Waals surface area contributed by atoms with Crippen molar-refractivity contribution in [2.75, 3.05) is 5.75 Å². The predicted octanol–water partition coefficient (Wildman–Crippen LogP) is 7.62. The fraction of sp³-hybridized carbons (Fsp3) is 0.375. The maximum Gasteiger partial charge on any atom is 0.243 e. The molecule has 1 saturated carbocycles. The van der Waals surface area contributed by atoms with Crippen LogP contribution in [0.2, 0.25) is 10.0 Å². The first kappa shape index (κ1) is 29.5. The Labute approximate surface area is 246 Å². The highest BCUT2D eigenvalue weighted by molar-refractivity contribution is 7.99. The number of benzene rings is 3. The largest absolute Gasteiger partial charge is 0.352 e. The molecule has 1 aliphatic rings. The third-order valence-corrected chi connectivity index (χ3v) is 8.73. The second kappa shape index (κ2) is 14.8. The van der Waals surface area contributed by atoms with Crippen LogP contribution in [-0.4, -0.2) is 34.6 Å². The molecule has 206 valence electrons. The third-order valence-electron chi connectivity index (χ3n) is 7.16. The van der Waals surface area contributed by atoms with Crippen molar-refractivity contribution in [3.05, 3.63) is 105 Å². The molecule has 3 aromatic rings. The number of carbonyl (C=O) groups is 2. The van der Waals surface area contributed by atoms with E-state index in [9.17, 15) is 9.59 Å². The lowest BCUT2D eigenvalue weighted by atomic mass is 9.94. The van der Waals surface area contributed by atoms with Crippen LogP contribution < -0.4 is 5.32 Å². The lowest BCUT2D eigenvalue weighted by Gasteiger charge is -2.33. The minimum absolute atomic E-state index is 0.0848. The number of halogens is 2. The van der Waals surface area contributed by atoms with Crippen molar-refractivity contribution in [3.8, 4) is 0 Å². The van der Waals surface area contributed by atoms with E-state index >= 15 is 0 Å². The average molecular weight is 584 g/mol. The van der Waals surface area contributed by atoms with Gasteiger partial charge in [-0.1, -0.05) is 109 Å². The van der Waals surface area contributed by atoms with Crippen molar-refractivity contribution < 1.29 is 9.59 Å². The third kappa shape index (κ3) is 9.02. The van der Waals surface area contributed by atoms with Crippen LogP contribution in [0.3, 0.4) is 0 Å². The molecule has 1 N–H and O–H groups in total. The van der Waals surface area contributed by atoms with Crippen LogP contribution in [0.1, 0.15) is 54.4 Å². The summed E-state index contributed by atoms with van der Waals surface area (Å²) in [7, 11) is 0. The fourth-order valence-electron chi connectivity index (χ4n) is 5.07.